The molecule has 4 nitrogen and oxygen atoms in total. The van der Waals surface area contributed by atoms with E-state index >= 15 is 0 Å². The summed E-state index contributed by atoms with van der Waals surface area (Å²) in [6.45, 7) is 0. The van der Waals surface area contributed by atoms with Crippen molar-refractivity contribution >= 4 is 28.3 Å². The fourth-order valence-corrected chi connectivity index (χ4v) is 1.68. The number of pyridine rings is 1. The summed E-state index contributed by atoms with van der Waals surface area (Å²) in [5.74, 6) is -0.445. The Bertz CT molecular complexity index is 568. The second-order valence-corrected chi connectivity index (χ2v) is 3.55. The molecule has 0 atom stereocenters. The lowest BCUT2D eigenvalue weighted by molar-refractivity contribution is 0.0690. The van der Waals surface area contributed by atoms with Crippen LogP contribution >= 0.6 is 11.6 Å². The molecule has 0 bridgehead atoms. The summed E-state index contributed by atoms with van der Waals surface area (Å²) in [6.07, 6.45) is 0. The molecule has 2 aromatic rings. The fraction of sp³-hybridized carbons (Fsp3) is 0.0909. The van der Waals surface area contributed by atoms with Crippen LogP contribution in [0.3, 0.4) is 0 Å². The van der Waals surface area contributed by atoms with Gasteiger partial charge in [0.1, 0.15) is 10.9 Å². The first-order chi connectivity index (χ1) is 7.61. The van der Waals surface area contributed by atoms with Crippen LogP contribution in [0.5, 0.6) is 5.75 Å². The monoisotopic (exact) mass is 237 g/mol. The number of carboxylic acids is 1. The van der Waals surface area contributed by atoms with Crippen LogP contribution in [0.25, 0.3) is 10.8 Å². The first-order valence-electron chi connectivity index (χ1n) is 4.49. The second-order valence-electron chi connectivity index (χ2n) is 3.19. The normalized spacial score (nSPS) is 10.4. The molecule has 1 aromatic carbocycles. The van der Waals surface area contributed by atoms with Gasteiger partial charge in [-0.25, -0.2) is 9.78 Å². The summed E-state index contributed by atoms with van der Waals surface area (Å²) < 4.78 is 5.05. The molecule has 0 spiro atoms. The van der Waals surface area contributed by atoms with Crippen molar-refractivity contribution in [2.24, 2.45) is 0 Å². The molecule has 2 rings (SSSR count). The molecule has 0 radical (unpaired) electrons. The largest absolute Gasteiger partial charge is 0.497 e. The van der Waals surface area contributed by atoms with E-state index in [1.807, 2.05) is 0 Å². The van der Waals surface area contributed by atoms with Crippen LogP contribution in [-0.4, -0.2) is 23.2 Å². The molecule has 1 N–H and O–H groups in total. The molecule has 1 aromatic heterocycles. The van der Waals surface area contributed by atoms with Gasteiger partial charge in [0, 0.05) is 5.39 Å². The number of methoxy groups -OCH3 is 1. The lowest BCUT2D eigenvalue weighted by atomic mass is 10.1. The number of aromatic nitrogens is 1. The Balaban J connectivity index is 2.71. The Morgan fingerprint density at radius 3 is 2.81 bits per heavy atom. The zero-order valence-corrected chi connectivity index (χ0v) is 9.15. The van der Waals surface area contributed by atoms with E-state index in [9.17, 15) is 4.79 Å². The average molecular weight is 238 g/mol. The van der Waals surface area contributed by atoms with E-state index in [1.54, 1.807) is 25.3 Å². The van der Waals surface area contributed by atoms with Crippen molar-refractivity contribution in [1.82, 2.24) is 4.98 Å². The maximum atomic E-state index is 10.8. The van der Waals surface area contributed by atoms with Gasteiger partial charge in [-0.2, -0.15) is 0 Å². The number of rotatable bonds is 2. The van der Waals surface area contributed by atoms with Crippen LogP contribution in [0.2, 0.25) is 5.15 Å². The predicted octanol–water partition coefficient (Wildman–Crippen LogP) is 2.59. The third-order valence-corrected chi connectivity index (χ3v) is 2.50. The van der Waals surface area contributed by atoms with Crippen LogP contribution in [-0.2, 0) is 0 Å². The molecule has 1 heterocycles. The maximum Gasteiger partial charge on any atom is 0.354 e. The predicted molar refractivity (Wildman–Crippen MR) is 60.3 cm³/mol. The third kappa shape index (κ3) is 1.79. The number of aromatic carboxylic acids is 1. The molecule has 0 unspecified atom stereocenters. The Morgan fingerprint density at radius 1 is 1.44 bits per heavy atom. The van der Waals surface area contributed by atoms with Crippen LogP contribution in [0, 0.1) is 0 Å². The molecule has 5 heteroatoms. The van der Waals surface area contributed by atoms with Crippen molar-refractivity contribution in [1.29, 1.82) is 0 Å². The van der Waals surface area contributed by atoms with Crippen molar-refractivity contribution in [2.75, 3.05) is 7.11 Å². The number of halogens is 1. The van der Waals surface area contributed by atoms with E-state index < -0.39 is 5.97 Å². The van der Waals surface area contributed by atoms with Gasteiger partial charge in [0.05, 0.1) is 7.11 Å². The number of carbonyl (C=O) groups is 1. The SMILES string of the molecule is COc1ccc2cc(C(=O)O)nc(Cl)c2c1. The summed E-state index contributed by atoms with van der Waals surface area (Å²) in [6, 6.07) is 6.68. The molecule has 82 valence electrons. The van der Waals surface area contributed by atoms with Gasteiger partial charge in [-0.3, -0.25) is 0 Å². The minimum Gasteiger partial charge on any atom is -0.497 e. The smallest absolute Gasteiger partial charge is 0.354 e. The Kier molecular flexibility index (Phi) is 2.66. The number of hydrogen-bond donors (Lipinski definition) is 1. The van der Waals surface area contributed by atoms with E-state index in [0.717, 1.165) is 5.39 Å². The lowest BCUT2D eigenvalue weighted by Gasteiger charge is -2.04. The highest BCUT2D eigenvalue weighted by molar-refractivity contribution is 6.34. The van der Waals surface area contributed by atoms with Crippen LogP contribution in [0.4, 0.5) is 0 Å². The van der Waals surface area contributed by atoms with E-state index in [-0.39, 0.29) is 10.8 Å². The van der Waals surface area contributed by atoms with Crippen LogP contribution in [0.15, 0.2) is 24.3 Å². The molecule has 0 aliphatic rings. The van der Waals surface area contributed by atoms with Crippen molar-refractivity contribution in [2.45, 2.75) is 0 Å². The molecule has 0 saturated carbocycles. The summed E-state index contributed by atoms with van der Waals surface area (Å²) in [5, 5.41) is 10.4. The van der Waals surface area contributed by atoms with E-state index in [0.29, 0.717) is 11.1 Å². The topological polar surface area (TPSA) is 59.4 Å². The summed E-state index contributed by atoms with van der Waals surface area (Å²) in [5.41, 5.74) is -0.0670. The number of carboxylic acid groups (broad SMARTS) is 1. The minimum absolute atomic E-state index is 0.0670. The molecule has 0 fully saturated rings. The highest BCUT2D eigenvalue weighted by Crippen LogP contribution is 2.26. The molecule has 0 aliphatic carbocycles. The quantitative estimate of drug-likeness (QED) is 0.816. The first kappa shape index (κ1) is 10.7. The van der Waals surface area contributed by atoms with Gasteiger partial charge < -0.3 is 9.84 Å². The number of benzene rings is 1. The van der Waals surface area contributed by atoms with Crippen LogP contribution in [0.1, 0.15) is 10.5 Å². The number of nitrogens with zero attached hydrogens (tertiary/aromatic N) is 1. The van der Waals surface area contributed by atoms with Crippen molar-refractivity contribution in [3.8, 4) is 5.75 Å². The zero-order chi connectivity index (χ0) is 11.7. The molecule has 0 amide bonds. The highest BCUT2D eigenvalue weighted by atomic mass is 35.5. The van der Waals surface area contributed by atoms with Gasteiger partial charge in [0.25, 0.3) is 0 Å². The summed E-state index contributed by atoms with van der Waals surface area (Å²) in [7, 11) is 1.55. The molecular weight excluding hydrogens is 230 g/mol. The van der Waals surface area contributed by atoms with Crippen LogP contribution < -0.4 is 4.74 Å². The Labute approximate surface area is 96.4 Å². The molecule has 16 heavy (non-hydrogen) atoms. The second kappa shape index (κ2) is 3.98. The molecule has 0 aliphatic heterocycles. The highest BCUT2D eigenvalue weighted by Gasteiger charge is 2.10. The summed E-state index contributed by atoms with van der Waals surface area (Å²) in [4.78, 5) is 14.6. The fourth-order valence-electron chi connectivity index (χ4n) is 1.42. The third-order valence-electron chi connectivity index (χ3n) is 2.21. The van der Waals surface area contributed by atoms with E-state index in [1.165, 1.54) is 6.07 Å². The van der Waals surface area contributed by atoms with Gasteiger partial charge in [0.15, 0.2) is 5.69 Å². The van der Waals surface area contributed by atoms with Gasteiger partial charge in [-0.15, -0.1) is 0 Å². The average Bonchev–Trinajstić information content (AvgIpc) is 2.28. The van der Waals surface area contributed by atoms with Gasteiger partial charge in [-0.05, 0) is 23.6 Å². The van der Waals surface area contributed by atoms with Gasteiger partial charge >= 0.3 is 5.97 Å². The van der Waals surface area contributed by atoms with Gasteiger partial charge in [0.2, 0.25) is 0 Å². The number of ether oxygens (including phenoxy) is 1. The summed E-state index contributed by atoms with van der Waals surface area (Å²) >= 11 is 5.91. The molecular formula is C11H8ClNO3. The lowest BCUT2D eigenvalue weighted by Crippen LogP contribution is -2.00. The Hall–Kier alpha value is -1.81. The van der Waals surface area contributed by atoms with Crippen molar-refractivity contribution in [3.63, 3.8) is 0 Å². The standard InChI is InChI=1S/C11H8ClNO3/c1-16-7-3-2-6-4-9(11(14)15)13-10(12)8(6)5-7/h2-5H,1H3,(H,14,15). The first-order valence-corrected chi connectivity index (χ1v) is 4.87. The van der Waals surface area contributed by atoms with E-state index in [2.05, 4.69) is 4.98 Å². The minimum atomic E-state index is -1.10. The maximum absolute atomic E-state index is 10.8. The molecule has 0 saturated heterocycles. The van der Waals surface area contributed by atoms with Gasteiger partial charge in [-0.1, -0.05) is 17.7 Å². The zero-order valence-electron chi connectivity index (χ0n) is 8.40. The van der Waals surface area contributed by atoms with Crippen molar-refractivity contribution in [3.05, 3.63) is 35.1 Å². The number of hydrogen-bond acceptors (Lipinski definition) is 3. The number of fused-ring (bicyclic) bond motifs is 1. The Morgan fingerprint density at radius 2 is 2.19 bits per heavy atom. The van der Waals surface area contributed by atoms with E-state index in [4.69, 9.17) is 21.4 Å². The van der Waals surface area contributed by atoms with Crippen molar-refractivity contribution < 1.29 is 14.6 Å².